The van der Waals surface area contributed by atoms with Gasteiger partial charge in [0.2, 0.25) is 0 Å². The maximum absolute atomic E-state index is 9.51. The lowest BCUT2D eigenvalue weighted by Gasteiger charge is -2.16. The molecule has 2 atom stereocenters. The van der Waals surface area contributed by atoms with Gasteiger partial charge in [-0.2, -0.15) is 0 Å². The number of hydrogen-bond donors (Lipinski definition) is 2. The maximum atomic E-state index is 9.51. The molecule has 1 aromatic heterocycles. The van der Waals surface area contributed by atoms with E-state index in [-0.39, 0.29) is 6.04 Å². The second kappa shape index (κ2) is 6.03. The van der Waals surface area contributed by atoms with Crippen molar-refractivity contribution in [1.29, 1.82) is 0 Å². The third-order valence-corrected chi connectivity index (χ3v) is 2.56. The Morgan fingerprint density at radius 3 is 2.69 bits per heavy atom. The fourth-order valence-corrected chi connectivity index (χ4v) is 1.75. The fourth-order valence-electron chi connectivity index (χ4n) is 1.75. The Labute approximate surface area is 96.6 Å². The Hall–Kier alpha value is -0.840. The standard InChI is InChI=1S/C12H21NO3/c1-8-5-12(10(3)16-8)9(2)13-6-11(14)7-15-4/h5,9,11,13-14H,6-7H2,1-4H3/t9-,11+/m0/s1. The molecule has 1 aromatic rings. The van der Waals surface area contributed by atoms with Crippen molar-refractivity contribution in [3.05, 3.63) is 23.2 Å². The number of ether oxygens (including phenoxy) is 1. The van der Waals surface area contributed by atoms with Crippen molar-refractivity contribution >= 4 is 0 Å². The van der Waals surface area contributed by atoms with Gasteiger partial charge in [0.05, 0.1) is 12.7 Å². The highest BCUT2D eigenvalue weighted by atomic mass is 16.5. The van der Waals surface area contributed by atoms with Crippen molar-refractivity contribution in [2.24, 2.45) is 0 Å². The minimum Gasteiger partial charge on any atom is -0.466 e. The van der Waals surface area contributed by atoms with E-state index < -0.39 is 6.10 Å². The Kier molecular flexibility index (Phi) is 4.99. The summed E-state index contributed by atoms with van der Waals surface area (Å²) >= 11 is 0. The van der Waals surface area contributed by atoms with E-state index in [4.69, 9.17) is 9.15 Å². The first-order chi connectivity index (χ1) is 7.54. The molecule has 0 aliphatic rings. The Balaban J connectivity index is 2.46. The molecule has 0 fully saturated rings. The van der Waals surface area contributed by atoms with Crippen LogP contribution in [-0.4, -0.2) is 31.5 Å². The summed E-state index contributed by atoms with van der Waals surface area (Å²) in [5.74, 6) is 1.84. The Morgan fingerprint density at radius 1 is 1.50 bits per heavy atom. The third kappa shape index (κ3) is 3.63. The highest BCUT2D eigenvalue weighted by molar-refractivity contribution is 5.23. The van der Waals surface area contributed by atoms with Gasteiger partial charge in [0.15, 0.2) is 0 Å². The van der Waals surface area contributed by atoms with Crippen LogP contribution in [0.25, 0.3) is 0 Å². The van der Waals surface area contributed by atoms with Gasteiger partial charge in [0, 0.05) is 25.3 Å². The van der Waals surface area contributed by atoms with E-state index in [1.54, 1.807) is 7.11 Å². The molecule has 2 N–H and O–H groups in total. The lowest BCUT2D eigenvalue weighted by molar-refractivity contribution is 0.0630. The normalized spacial score (nSPS) is 15.1. The predicted molar refractivity (Wildman–Crippen MR) is 62.5 cm³/mol. The number of rotatable bonds is 6. The molecule has 0 bridgehead atoms. The molecule has 16 heavy (non-hydrogen) atoms. The Morgan fingerprint density at radius 2 is 2.19 bits per heavy atom. The summed E-state index contributed by atoms with van der Waals surface area (Å²) in [5, 5.41) is 12.8. The monoisotopic (exact) mass is 227 g/mol. The van der Waals surface area contributed by atoms with Gasteiger partial charge in [-0.1, -0.05) is 0 Å². The molecule has 4 nitrogen and oxygen atoms in total. The molecule has 0 spiro atoms. The first-order valence-corrected chi connectivity index (χ1v) is 5.52. The lowest BCUT2D eigenvalue weighted by atomic mass is 10.1. The summed E-state index contributed by atoms with van der Waals surface area (Å²) in [6, 6.07) is 2.19. The van der Waals surface area contributed by atoms with Crippen LogP contribution in [0.3, 0.4) is 0 Å². The summed E-state index contributed by atoms with van der Waals surface area (Å²) in [6.07, 6.45) is -0.472. The highest BCUT2D eigenvalue weighted by Gasteiger charge is 2.13. The van der Waals surface area contributed by atoms with Gasteiger partial charge in [-0.3, -0.25) is 0 Å². The molecule has 92 valence electrons. The van der Waals surface area contributed by atoms with Crippen LogP contribution in [0.2, 0.25) is 0 Å². The number of hydrogen-bond acceptors (Lipinski definition) is 4. The SMILES string of the molecule is COC[C@H](O)CN[C@@H](C)c1cc(C)oc1C. The van der Waals surface area contributed by atoms with E-state index in [0.717, 1.165) is 17.1 Å². The quantitative estimate of drug-likeness (QED) is 0.774. The summed E-state index contributed by atoms with van der Waals surface area (Å²) in [6.45, 7) is 6.80. The fraction of sp³-hybridized carbons (Fsp3) is 0.667. The van der Waals surface area contributed by atoms with Crippen molar-refractivity contribution < 1.29 is 14.3 Å². The van der Waals surface area contributed by atoms with Crippen LogP contribution >= 0.6 is 0 Å². The smallest absolute Gasteiger partial charge is 0.105 e. The average Bonchev–Trinajstić information content (AvgIpc) is 2.55. The highest BCUT2D eigenvalue weighted by Crippen LogP contribution is 2.20. The van der Waals surface area contributed by atoms with Crippen LogP contribution < -0.4 is 5.32 Å². The molecule has 0 unspecified atom stereocenters. The van der Waals surface area contributed by atoms with Crippen LogP contribution in [0, 0.1) is 13.8 Å². The van der Waals surface area contributed by atoms with Crippen LogP contribution in [0.1, 0.15) is 30.0 Å². The van der Waals surface area contributed by atoms with Gasteiger partial charge in [0.25, 0.3) is 0 Å². The van der Waals surface area contributed by atoms with Crippen molar-refractivity contribution in [2.45, 2.75) is 32.9 Å². The zero-order chi connectivity index (χ0) is 12.1. The zero-order valence-electron chi connectivity index (χ0n) is 10.4. The first-order valence-electron chi connectivity index (χ1n) is 5.52. The number of aliphatic hydroxyl groups is 1. The minimum absolute atomic E-state index is 0.170. The molecule has 1 heterocycles. The number of furan rings is 1. The molecule has 0 radical (unpaired) electrons. The predicted octanol–water partition coefficient (Wildman–Crippen LogP) is 1.55. The van der Waals surface area contributed by atoms with Gasteiger partial charge >= 0.3 is 0 Å². The van der Waals surface area contributed by atoms with Crippen molar-refractivity contribution in [1.82, 2.24) is 5.32 Å². The van der Waals surface area contributed by atoms with Crippen LogP contribution in [0.5, 0.6) is 0 Å². The topological polar surface area (TPSA) is 54.6 Å². The van der Waals surface area contributed by atoms with Gasteiger partial charge in [0.1, 0.15) is 11.5 Å². The largest absolute Gasteiger partial charge is 0.466 e. The van der Waals surface area contributed by atoms with E-state index >= 15 is 0 Å². The molecular weight excluding hydrogens is 206 g/mol. The second-order valence-corrected chi connectivity index (χ2v) is 4.11. The molecule has 0 saturated carbocycles. The van der Waals surface area contributed by atoms with Crippen molar-refractivity contribution in [3.63, 3.8) is 0 Å². The number of methoxy groups -OCH3 is 1. The molecule has 0 amide bonds. The zero-order valence-corrected chi connectivity index (χ0v) is 10.4. The van der Waals surface area contributed by atoms with Gasteiger partial charge in [-0.15, -0.1) is 0 Å². The molecule has 1 rings (SSSR count). The first kappa shape index (κ1) is 13.2. The van der Waals surface area contributed by atoms with Crippen LogP contribution in [-0.2, 0) is 4.74 Å². The summed E-state index contributed by atoms with van der Waals surface area (Å²) in [5.41, 5.74) is 1.14. The van der Waals surface area contributed by atoms with Crippen molar-refractivity contribution in [2.75, 3.05) is 20.3 Å². The lowest BCUT2D eigenvalue weighted by Crippen LogP contribution is -2.31. The molecule has 4 heteroatoms. The van der Waals surface area contributed by atoms with Gasteiger partial charge in [-0.05, 0) is 26.8 Å². The number of nitrogens with one attached hydrogen (secondary N) is 1. The molecular formula is C12H21NO3. The van der Waals surface area contributed by atoms with Gasteiger partial charge < -0.3 is 19.6 Å². The molecule has 0 aliphatic carbocycles. The van der Waals surface area contributed by atoms with E-state index in [2.05, 4.69) is 12.2 Å². The maximum Gasteiger partial charge on any atom is 0.105 e. The van der Waals surface area contributed by atoms with Gasteiger partial charge in [-0.25, -0.2) is 0 Å². The average molecular weight is 227 g/mol. The van der Waals surface area contributed by atoms with E-state index in [0.29, 0.717) is 13.2 Å². The summed E-state index contributed by atoms with van der Waals surface area (Å²) < 4.78 is 10.3. The third-order valence-electron chi connectivity index (χ3n) is 2.56. The number of aryl methyl sites for hydroxylation is 2. The van der Waals surface area contributed by atoms with Crippen LogP contribution in [0.15, 0.2) is 10.5 Å². The molecule has 0 aliphatic heterocycles. The second-order valence-electron chi connectivity index (χ2n) is 4.11. The minimum atomic E-state index is -0.472. The van der Waals surface area contributed by atoms with Crippen molar-refractivity contribution in [3.8, 4) is 0 Å². The van der Waals surface area contributed by atoms with E-state index in [1.165, 1.54) is 0 Å². The van der Waals surface area contributed by atoms with E-state index in [1.807, 2.05) is 19.9 Å². The summed E-state index contributed by atoms with van der Waals surface area (Å²) in [4.78, 5) is 0. The molecule has 0 saturated heterocycles. The summed E-state index contributed by atoms with van der Waals surface area (Å²) in [7, 11) is 1.58. The molecule has 0 aromatic carbocycles. The Bertz CT molecular complexity index is 322. The number of aliphatic hydroxyl groups excluding tert-OH is 1. The van der Waals surface area contributed by atoms with Crippen LogP contribution in [0.4, 0.5) is 0 Å². The van der Waals surface area contributed by atoms with E-state index in [9.17, 15) is 5.11 Å².